The fourth-order valence-electron chi connectivity index (χ4n) is 1.78. The van der Waals surface area contributed by atoms with Crippen molar-refractivity contribution in [3.05, 3.63) is 24.3 Å². The van der Waals surface area contributed by atoms with E-state index in [4.69, 9.17) is 5.73 Å². The molecule has 0 heterocycles. The molecule has 2 unspecified atom stereocenters. The summed E-state index contributed by atoms with van der Waals surface area (Å²) in [5.41, 5.74) is 6.38. The first-order valence-electron chi connectivity index (χ1n) is 7.48. The third-order valence-corrected chi connectivity index (χ3v) is 5.01. The molecule has 0 aliphatic rings. The van der Waals surface area contributed by atoms with Crippen LogP contribution in [0.5, 0.6) is 0 Å². The minimum absolute atomic E-state index is 0.0814. The maximum atomic E-state index is 12.0. The first kappa shape index (κ1) is 18.6. The molecule has 0 saturated heterocycles. The van der Waals surface area contributed by atoms with Gasteiger partial charge in [0.1, 0.15) is 0 Å². The van der Waals surface area contributed by atoms with Crippen LogP contribution >= 0.6 is 0 Å². The van der Waals surface area contributed by atoms with E-state index in [0.29, 0.717) is 12.2 Å². The second kappa shape index (κ2) is 8.26. The molecule has 0 aliphatic carbocycles. The average Bonchev–Trinajstić information content (AvgIpc) is 2.51. The van der Waals surface area contributed by atoms with Crippen LogP contribution in [0.4, 0.5) is 5.69 Å². The Kier molecular flexibility index (Phi) is 6.99. The SMILES string of the molecule is CCCNS(=O)(=O)c1ccc(NC(=O)C(N)C(C)CC)cc1. The number of hydrogen-bond donors (Lipinski definition) is 3. The Morgan fingerprint density at radius 2 is 1.82 bits per heavy atom. The van der Waals surface area contributed by atoms with Crippen LogP contribution in [0.3, 0.4) is 0 Å². The van der Waals surface area contributed by atoms with Gasteiger partial charge in [0.2, 0.25) is 15.9 Å². The van der Waals surface area contributed by atoms with E-state index in [1.807, 2.05) is 20.8 Å². The molecule has 124 valence electrons. The number of benzene rings is 1. The lowest BCUT2D eigenvalue weighted by atomic mass is 9.99. The minimum atomic E-state index is -3.49. The van der Waals surface area contributed by atoms with Crippen molar-refractivity contribution in [3.63, 3.8) is 0 Å². The van der Waals surface area contributed by atoms with Crippen LogP contribution in [0.2, 0.25) is 0 Å². The number of sulfonamides is 1. The molecule has 0 radical (unpaired) electrons. The lowest BCUT2D eigenvalue weighted by Gasteiger charge is -2.17. The molecule has 22 heavy (non-hydrogen) atoms. The standard InChI is InChI=1S/C15H25N3O3S/c1-4-10-17-22(20,21)13-8-6-12(7-9-13)18-15(19)14(16)11(3)5-2/h6-9,11,14,17H,4-5,10,16H2,1-3H3,(H,18,19). The zero-order valence-electron chi connectivity index (χ0n) is 13.3. The molecular weight excluding hydrogens is 302 g/mol. The van der Waals surface area contributed by atoms with Crippen LogP contribution in [0.25, 0.3) is 0 Å². The number of anilines is 1. The Balaban J connectivity index is 2.75. The van der Waals surface area contributed by atoms with E-state index >= 15 is 0 Å². The Hall–Kier alpha value is -1.44. The predicted octanol–water partition coefficient (Wildman–Crippen LogP) is 1.69. The summed E-state index contributed by atoms with van der Waals surface area (Å²) in [6, 6.07) is 5.45. The van der Waals surface area contributed by atoms with Gasteiger partial charge < -0.3 is 11.1 Å². The monoisotopic (exact) mass is 327 g/mol. The van der Waals surface area contributed by atoms with Crippen LogP contribution in [-0.2, 0) is 14.8 Å². The maximum Gasteiger partial charge on any atom is 0.241 e. The summed E-state index contributed by atoms with van der Waals surface area (Å²) < 4.78 is 26.4. The molecular formula is C15H25N3O3S. The third-order valence-electron chi connectivity index (χ3n) is 3.53. The molecule has 1 aromatic rings. The zero-order valence-corrected chi connectivity index (χ0v) is 14.1. The number of nitrogens with two attached hydrogens (primary N) is 1. The van der Waals surface area contributed by atoms with Crippen molar-refractivity contribution in [2.24, 2.45) is 11.7 Å². The third kappa shape index (κ3) is 5.08. The normalized spacial score (nSPS) is 14.4. The summed E-state index contributed by atoms with van der Waals surface area (Å²) in [6.07, 6.45) is 1.54. The number of carbonyl (C=O) groups excluding carboxylic acids is 1. The summed E-state index contributed by atoms with van der Waals surface area (Å²) >= 11 is 0. The Morgan fingerprint density at radius 3 is 2.32 bits per heavy atom. The molecule has 0 aromatic heterocycles. The molecule has 1 aromatic carbocycles. The number of rotatable bonds is 8. The van der Waals surface area contributed by atoms with E-state index in [9.17, 15) is 13.2 Å². The number of nitrogens with one attached hydrogen (secondary N) is 2. The van der Waals surface area contributed by atoms with E-state index < -0.39 is 16.1 Å². The Labute approximate surface area is 132 Å². The highest BCUT2D eigenvalue weighted by atomic mass is 32.2. The number of amides is 1. The highest BCUT2D eigenvalue weighted by Gasteiger charge is 2.19. The second-order valence-electron chi connectivity index (χ2n) is 5.32. The first-order chi connectivity index (χ1) is 10.3. The predicted molar refractivity (Wildman–Crippen MR) is 88.0 cm³/mol. The van der Waals surface area contributed by atoms with Gasteiger partial charge in [-0.25, -0.2) is 13.1 Å². The van der Waals surface area contributed by atoms with Crippen LogP contribution < -0.4 is 15.8 Å². The smallest absolute Gasteiger partial charge is 0.241 e. The van der Waals surface area contributed by atoms with E-state index in [1.54, 1.807) is 12.1 Å². The largest absolute Gasteiger partial charge is 0.325 e. The summed E-state index contributed by atoms with van der Waals surface area (Å²) in [5.74, 6) is -0.188. The Bertz CT molecular complexity index is 585. The van der Waals surface area contributed by atoms with Gasteiger partial charge in [0.15, 0.2) is 0 Å². The van der Waals surface area contributed by atoms with Gasteiger partial charge in [-0.3, -0.25) is 4.79 Å². The summed E-state index contributed by atoms with van der Waals surface area (Å²) in [6.45, 7) is 6.17. The lowest BCUT2D eigenvalue weighted by Crippen LogP contribution is -2.40. The van der Waals surface area contributed by atoms with Gasteiger partial charge in [-0.15, -0.1) is 0 Å². The molecule has 0 spiro atoms. The van der Waals surface area contributed by atoms with Crippen molar-refractivity contribution in [2.45, 2.75) is 44.6 Å². The van der Waals surface area contributed by atoms with Gasteiger partial charge >= 0.3 is 0 Å². The highest BCUT2D eigenvalue weighted by Crippen LogP contribution is 2.15. The van der Waals surface area contributed by atoms with Crippen molar-refractivity contribution in [2.75, 3.05) is 11.9 Å². The molecule has 1 amide bonds. The molecule has 6 nitrogen and oxygen atoms in total. The van der Waals surface area contributed by atoms with E-state index in [0.717, 1.165) is 12.8 Å². The van der Waals surface area contributed by atoms with Gasteiger partial charge in [0.25, 0.3) is 0 Å². The highest BCUT2D eigenvalue weighted by molar-refractivity contribution is 7.89. The van der Waals surface area contributed by atoms with Crippen LogP contribution in [-0.4, -0.2) is 26.9 Å². The summed E-state index contributed by atoms with van der Waals surface area (Å²) in [5, 5.41) is 2.70. The van der Waals surface area contributed by atoms with Crippen molar-refractivity contribution in [3.8, 4) is 0 Å². The van der Waals surface area contributed by atoms with Crippen molar-refractivity contribution in [1.82, 2.24) is 4.72 Å². The summed E-state index contributed by atoms with van der Waals surface area (Å²) in [4.78, 5) is 12.1. The van der Waals surface area contributed by atoms with Crippen LogP contribution in [0.15, 0.2) is 29.2 Å². The fourth-order valence-corrected chi connectivity index (χ4v) is 2.91. The minimum Gasteiger partial charge on any atom is -0.325 e. The number of carbonyl (C=O) groups is 1. The molecule has 1 rings (SSSR count). The average molecular weight is 327 g/mol. The molecule has 7 heteroatoms. The van der Waals surface area contributed by atoms with Crippen molar-refractivity contribution < 1.29 is 13.2 Å². The van der Waals surface area contributed by atoms with Crippen molar-refractivity contribution >= 4 is 21.6 Å². The Morgan fingerprint density at radius 1 is 1.23 bits per heavy atom. The van der Waals surface area contributed by atoms with Crippen molar-refractivity contribution in [1.29, 1.82) is 0 Å². The maximum absolute atomic E-state index is 12.0. The second-order valence-corrected chi connectivity index (χ2v) is 7.09. The van der Waals surface area contributed by atoms with E-state index in [2.05, 4.69) is 10.0 Å². The van der Waals surface area contributed by atoms with Gasteiger partial charge in [0.05, 0.1) is 10.9 Å². The topological polar surface area (TPSA) is 101 Å². The molecule has 0 fully saturated rings. The summed E-state index contributed by atoms with van der Waals surface area (Å²) in [7, 11) is -3.49. The molecule has 4 N–H and O–H groups in total. The van der Waals surface area contributed by atoms with Gasteiger partial charge in [-0.2, -0.15) is 0 Å². The fraction of sp³-hybridized carbons (Fsp3) is 0.533. The first-order valence-corrected chi connectivity index (χ1v) is 8.96. The van der Waals surface area contributed by atoms with Crippen LogP contribution in [0.1, 0.15) is 33.6 Å². The van der Waals surface area contributed by atoms with Crippen LogP contribution in [0, 0.1) is 5.92 Å². The van der Waals surface area contributed by atoms with E-state index in [1.165, 1.54) is 12.1 Å². The van der Waals surface area contributed by atoms with E-state index in [-0.39, 0.29) is 16.7 Å². The van der Waals surface area contributed by atoms with Gasteiger partial charge in [-0.1, -0.05) is 27.2 Å². The molecule has 0 bridgehead atoms. The van der Waals surface area contributed by atoms with Gasteiger partial charge in [-0.05, 0) is 36.6 Å². The lowest BCUT2D eigenvalue weighted by molar-refractivity contribution is -0.118. The zero-order chi connectivity index (χ0) is 16.8. The molecule has 0 aliphatic heterocycles. The molecule has 0 saturated carbocycles. The quantitative estimate of drug-likeness (QED) is 0.676. The molecule has 2 atom stereocenters. The number of hydrogen-bond acceptors (Lipinski definition) is 4. The van der Waals surface area contributed by atoms with Gasteiger partial charge in [0, 0.05) is 12.2 Å².